The molecule has 8 heteroatoms. The molecule has 162 valence electrons. The number of nitrogens with one attached hydrogen (secondary N) is 3. The fourth-order valence-corrected chi connectivity index (χ4v) is 3.17. The molecule has 0 radical (unpaired) electrons. The number of ether oxygens (including phenoxy) is 1. The molecule has 4 rings (SSSR count). The number of rotatable bonds is 9. The van der Waals surface area contributed by atoms with Crippen molar-refractivity contribution in [2.45, 2.75) is 38.8 Å². The van der Waals surface area contributed by atoms with Gasteiger partial charge in [0.05, 0.1) is 12.2 Å². The zero-order valence-corrected chi connectivity index (χ0v) is 17.6. The SMILES string of the molecule is Cc1ccn2cc(CNC(=O)NCCc3ccc(OCC(=O)NC4CC4)cc3)nc2c1. The second-order valence-electron chi connectivity index (χ2n) is 7.84. The van der Waals surface area contributed by atoms with E-state index in [0.717, 1.165) is 35.3 Å². The molecule has 31 heavy (non-hydrogen) atoms. The number of urea groups is 1. The number of benzene rings is 1. The largest absolute Gasteiger partial charge is 0.484 e. The molecule has 1 fully saturated rings. The van der Waals surface area contributed by atoms with Crippen molar-refractivity contribution in [1.29, 1.82) is 0 Å². The van der Waals surface area contributed by atoms with Crippen LogP contribution in [0, 0.1) is 6.92 Å². The second kappa shape index (κ2) is 9.51. The minimum Gasteiger partial charge on any atom is -0.484 e. The van der Waals surface area contributed by atoms with E-state index in [2.05, 4.69) is 20.9 Å². The van der Waals surface area contributed by atoms with Gasteiger partial charge in [0.2, 0.25) is 0 Å². The number of imidazole rings is 1. The standard InChI is InChI=1S/C23H27N5O3/c1-16-9-11-28-14-19(26-21(28)12-16)13-25-23(30)24-10-8-17-2-6-20(7-3-17)31-15-22(29)27-18-4-5-18/h2-3,6-7,9,11-12,14,18H,4-5,8,10,13,15H2,1H3,(H,27,29)(H2,24,25,30). The van der Waals surface area contributed by atoms with Crippen LogP contribution in [0.15, 0.2) is 48.8 Å². The van der Waals surface area contributed by atoms with Crippen LogP contribution in [-0.4, -0.2) is 40.5 Å². The van der Waals surface area contributed by atoms with Crippen molar-refractivity contribution < 1.29 is 14.3 Å². The Hall–Kier alpha value is -3.55. The maximum atomic E-state index is 12.0. The molecule has 1 saturated carbocycles. The Morgan fingerprint density at radius 3 is 2.74 bits per heavy atom. The van der Waals surface area contributed by atoms with Crippen LogP contribution in [0.25, 0.3) is 5.65 Å². The molecule has 0 spiro atoms. The summed E-state index contributed by atoms with van der Waals surface area (Å²) in [6.45, 7) is 2.94. The fourth-order valence-electron chi connectivity index (χ4n) is 3.17. The van der Waals surface area contributed by atoms with E-state index in [4.69, 9.17) is 4.74 Å². The number of fused-ring (bicyclic) bond motifs is 1. The lowest BCUT2D eigenvalue weighted by Gasteiger charge is -2.09. The predicted molar refractivity (Wildman–Crippen MR) is 117 cm³/mol. The van der Waals surface area contributed by atoms with E-state index in [-0.39, 0.29) is 18.5 Å². The van der Waals surface area contributed by atoms with Gasteiger partial charge in [-0.15, -0.1) is 0 Å². The highest BCUT2D eigenvalue weighted by molar-refractivity contribution is 5.78. The third kappa shape index (κ3) is 6.21. The number of hydrogen-bond acceptors (Lipinski definition) is 4. The first-order valence-electron chi connectivity index (χ1n) is 10.5. The lowest BCUT2D eigenvalue weighted by molar-refractivity contribution is -0.123. The lowest BCUT2D eigenvalue weighted by atomic mass is 10.1. The monoisotopic (exact) mass is 421 g/mol. The van der Waals surface area contributed by atoms with E-state index >= 15 is 0 Å². The normalized spacial score (nSPS) is 13.1. The van der Waals surface area contributed by atoms with Crippen molar-refractivity contribution in [3.05, 3.63) is 65.6 Å². The van der Waals surface area contributed by atoms with Crippen molar-refractivity contribution >= 4 is 17.6 Å². The zero-order chi connectivity index (χ0) is 21.6. The second-order valence-corrected chi connectivity index (χ2v) is 7.84. The fraction of sp³-hybridized carbons (Fsp3) is 0.348. The summed E-state index contributed by atoms with van der Waals surface area (Å²) in [5.74, 6) is 0.573. The van der Waals surface area contributed by atoms with E-state index < -0.39 is 0 Å². The van der Waals surface area contributed by atoms with E-state index in [1.807, 2.05) is 60.1 Å². The van der Waals surface area contributed by atoms with Crippen LogP contribution in [-0.2, 0) is 17.8 Å². The number of nitrogens with zero attached hydrogens (tertiary/aromatic N) is 2. The van der Waals surface area contributed by atoms with Gasteiger partial charge >= 0.3 is 6.03 Å². The maximum absolute atomic E-state index is 12.0. The van der Waals surface area contributed by atoms with Gasteiger partial charge in [0.25, 0.3) is 5.91 Å². The van der Waals surface area contributed by atoms with Crippen LogP contribution in [0.2, 0.25) is 0 Å². The quantitative estimate of drug-likeness (QED) is 0.494. The molecule has 2 aromatic heterocycles. The molecule has 3 aromatic rings. The smallest absolute Gasteiger partial charge is 0.315 e. The number of amides is 3. The molecule has 1 aromatic carbocycles. The minimum atomic E-state index is -0.227. The summed E-state index contributed by atoms with van der Waals surface area (Å²) in [4.78, 5) is 28.2. The summed E-state index contributed by atoms with van der Waals surface area (Å²) in [6, 6.07) is 11.7. The summed E-state index contributed by atoms with van der Waals surface area (Å²) in [7, 11) is 0. The summed E-state index contributed by atoms with van der Waals surface area (Å²) in [6.07, 6.45) is 6.69. The first-order chi connectivity index (χ1) is 15.0. The molecule has 0 unspecified atom stereocenters. The van der Waals surface area contributed by atoms with Gasteiger partial charge in [-0.25, -0.2) is 9.78 Å². The van der Waals surface area contributed by atoms with Gasteiger partial charge in [0.15, 0.2) is 6.61 Å². The number of hydrogen-bond donors (Lipinski definition) is 3. The van der Waals surface area contributed by atoms with Gasteiger partial charge in [0.1, 0.15) is 11.4 Å². The molecule has 0 saturated heterocycles. The molecule has 3 amide bonds. The third-order valence-corrected chi connectivity index (χ3v) is 5.03. The van der Waals surface area contributed by atoms with Crippen molar-refractivity contribution in [1.82, 2.24) is 25.3 Å². The van der Waals surface area contributed by atoms with Gasteiger partial charge < -0.3 is 25.1 Å². The highest BCUT2D eigenvalue weighted by atomic mass is 16.5. The Balaban J connectivity index is 1.14. The molecule has 1 aliphatic rings. The molecule has 2 heterocycles. The Labute approximate surface area is 181 Å². The molecule has 0 atom stereocenters. The molecular formula is C23H27N5O3. The summed E-state index contributed by atoms with van der Waals surface area (Å²) in [5.41, 5.74) is 3.90. The van der Waals surface area contributed by atoms with Gasteiger partial charge in [-0.05, 0) is 61.6 Å². The maximum Gasteiger partial charge on any atom is 0.315 e. The minimum absolute atomic E-state index is 0.0312. The number of carbonyl (C=O) groups is 2. The molecule has 8 nitrogen and oxygen atoms in total. The van der Waals surface area contributed by atoms with Crippen molar-refractivity contribution in [3.8, 4) is 5.75 Å². The van der Waals surface area contributed by atoms with Gasteiger partial charge in [-0.2, -0.15) is 0 Å². The first kappa shape index (κ1) is 20.7. The number of pyridine rings is 1. The van der Waals surface area contributed by atoms with Gasteiger partial charge in [-0.3, -0.25) is 4.79 Å². The Morgan fingerprint density at radius 1 is 1.16 bits per heavy atom. The van der Waals surface area contributed by atoms with Crippen molar-refractivity contribution in [3.63, 3.8) is 0 Å². The number of aryl methyl sites for hydroxylation is 1. The summed E-state index contributed by atoms with van der Waals surface area (Å²) in [5, 5.41) is 8.57. The summed E-state index contributed by atoms with van der Waals surface area (Å²) < 4.78 is 7.44. The average molecular weight is 422 g/mol. The topological polar surface area (TPSA) is 96.8 Å². The molecule has 1 aliphatic carbocycles. The molecular weight excluding hydrogens is 394 g/mol. The molecule has 0 aliphatic heterocycles. The van der Waals surface area contributed by atoms with Crippen LogP contribution < -0.4 is 20.7 Å². The Kier molecular flexibility index (Phi) is 6.35. The third-order valence-electron chi connectivity index (χ3n) is 5.03. The highest BCUT2D eigenvalue weighted by Crippen LogP contribution is 2.18. The predicted octanol–water partition coefficient (Wildman–Crippen LogP) is 2.34. The van der Waals surface area contributed by atoms with E-state index in [1.54, 1.807) is 0 Å². The molecule has 3 N–H and O–H groups in total. The molecule has 0 bridgehead atoms. The summed E-state index contributed by atoms with van der Waals surface area (Å²) >= 11 is 0. The van der Waals surface area contributed by atoms with Crippen LogP contribution in [0.3, 0.4) is 0 Å². The van der Waals surface area contributed by atoms with Crippen LogP contribution >= 0.6 is 0 Å². The Morgan fingerprint density at radius 2 is 1.97 bits per heavy atom. The van der Waals surface area contributed by atoms with Gasteiger partial charge in [-0.1, -0.05) is 12.1 Å². The van der Waals surface area contributed by atoms with Crippen LogP contribution in [0.1, 0.15) is 29.7 Å². The number of aromatic nitrogens is 2. The number of carbonyl (C=O) groups excluding carboxylic acids is 2. The average Bonchev–Trinajstić information content (AvgIpc) is 3.48. The van der Waals surface area contributed by atoms with Crippen molar-refractivity contribution in [2.75, 3.05) is 13.2 Å². The highest BCUT2D eigenvalue weighted by Gasteiger charge is 2.23. The lowest BCUT2D eigenvalue weighted by Crippen LogP contribution is -2.36. The van der Waals surface area contributed by atoms with E-state index in [0.29, 0.717) is 31.3 Å². The van der Waals surface area contributed by atoms with Crippen LogP contribution in [0.5, 0.6) is 5.75 Å². The van der Waals surface area contributed by atoms with Crippen LogP contribution in [0.4, 0.5) is 4.79 Å². The van der Waals surface area contributed by atoms with Crippen molar-refractivity contribution in [2.24, 2.45) is 0 Å². The van der Waals surface area contributed by atoms with Gasteiger partial charge in [0, 0.05) is 25.0 Å². The van der Waals surface area contributed by atoms with E-state index in [9.17, 15) is 9.59 Å². The van der Waals surface area contributed by atoms with E-state index in [1.165, 1.54) is 0 Å². The Bertz CT molecular complexity index is 1060. The zero-order valence-electron chi connectivity index (χ0n) is 17.6. The first-order valence-corrected chi connectivity index (χ1v) is 10.5.